The number of benzene rings is 2. The second-order valence-corrected chi connectivity index (χ2v) is 6.01. The van der Waals surface area contributed by atoms with Gasteiger partial charge in [0.1, 0.15) is 5.82 Å². The maximum Gasteiger partial charge on any atom is 0.258 e. The molecule has 1 amide bonds. The highest BCUT2D eigenvalue weighted by Crippen LogP contribution is 2.20. The fraction of sp³-hybridized carbons (Fsp3) is 0.133. The minimum atomic E-state index is -1.36. The number of rotatable bonds is 4. The van der Waals surface area contributed by atoms with Crippen LogP contribution in [0.4, 0.5) is 18.9 Å². The van der Waals surface area contributed by atoms with E-state index in [1.807, 2.05) is 0 Å². The molecule has 0 aliphatic heterocycles. The maximum atomic E-state index is 13.6. The van der Waals surface area contributed by atoms with E-state index < -0.39 is 39.7 Å². The molecule has 0 spiro atoms. The number of halogens is 3. The quantitative estimate of drug-likeness (QED) is 0.877. The first-order valence-corrected chi connectivity index (χ1v) is 7.95. The SMILES string of the molecule is C[S@](=O)Cc1ccccc1NC(=O)c1cc(F)c(F)cc1F. The summed E-state index contributed by atoms with van der Waals surface area (Å²) in [6, 6.07) is 7.38. The Balaban J connectivity index is 2.30. The van der Waals surface area contributed by atoms with Crippen LogP contribution in [-0.2, 0) is 16.6 Å². The topological polar surface area (TPSA) is 46.2 Å². The number of nitrogens with one attached hydrogen (secondary N) is 1. The molecule has 2 aromatic rings. The summed E-state index contributed by atoms with van der Waals surface area (Å²) in [5, 5.41) is 2.42. The van der Waals surface area contributed by atoms with Crippen LogP contribution < -0.4 is 5.32 Å². The minimum absolute atomic E-state index is 0.205. The van der Waals surface area contributed by atoms with Crippen molar-refractivity contribution >= 4 is 22.4 Å². The Labute approximate surface area is 127 Å². The van der Waals surface area contributed by atoms with Crippen LogP contribution >= 0.6 is 0 Å². The molecule has 0 bridgehead atoms. The molecule has 0 radical (unpaired) electrons. The molecule has 116 valence electrons. The zero-order chi connectivity index (χ0) is 16.3. The predicted octanol–water partition coefficient (Wildman–Crippen LogP) is 3.23. The van der Waals surface area contributed by atoms with Gasteiger partial charge in [0.25, 0.3) is 5.91 Å². The second kappa shape index (κ2) is 6.74. The van der Waals surface area contributed by atoms with Gasteiger partial charge in [0.05, 0.1) is 11.3 Å². The van der Waals surface area contributed by atoms with Crippen LogP contribution in [0.5, 0.6) is 0 Å². The molecule has 0 unspecified atom stereocenters. The van der Waals surface area contributed by atoms with Gasteiger partial charge in [0.15, 0.2) is 11.6 Å². The van der Waals surface area contributed by atoms with Crippen LogP contribution in [0.2, 0.25) is 0 Å². The van der Waals surface area contributed by atoms with Gasteiger partial charge < -0.3 is 5.32 Å². The molecule has 0 aromatic heterocycles. The van der Waals surface area contributed by atoms with E-state index in [0.29, 0.717) is 23.4 Å². The third kappa shape index (κ3) is 3.73. The summed E-state index contributed by atoms with van der Waals surface area (Å²) >= 11 is 0. The Morgan fingerprint density at radius 2 is 1.73 bits per heavy atom. The largest absolute Gasteiger partial charge is 0.322 e. The average Bonchev–Trinajstić information content (AvgIpc) is 2.44. The number of carbonyl (C=O) groups is 1. The average molecular weight is 327 g/mol. The van der Waals surface area contributed by atoms with Gasteiger partial charge in [-0.3, -0.25) is 9.00 Å². The van der Waals surface area contributed by atoms with E-state index in [0.717, 1.165) is 0 Å². The molecule has 0 saturated carbocycles. The summed E-state index contributed by atoms with van der Waals surface area (Å²) in [5.41, 5.74) is 0.331. The van der Waals surface area contributed by atoms with Crippen molar-refractivity contribution in [1.29, 1.82) is 0 Å². The van der Waals surface area contributed by atoms with Crippen molar-refractivity contribution in [3.05, 3.63) is 65.0 Å². The van der Waals surface area contributed by atoms with E-state index in [9.17, 15) is 22.2 Å². The monoisotopic (exact) mass is 327 g/mol. The van der Waals surface area contributed by atoms with Crippen LogP contribution in [-0.4, -0.2) is 16.4 Å². The van der Waals surface area contributed by atoms with Crippen molar-refractivity contribution in [2.75, 3.05) is 11.6 Å². The van der Waals surface area contributed by atoms with E-state index in [2.05, 4.69) is 5.32 Å². The summed E-state index contributed by atoms with van der Waals surface area (Å²) in [6.45, 7) is 0. The first kappa shape index (κ1) is 16.2. The molecule has 1 atom stereocenters. The number of anilines is 1. The van der Waals surface area contributed by atoms with Crippen molar-refractivity contribution in [2.45, 2.75) is 5.75 Å². The van der Waals surface area contributed by atoms with Gasteiger partial charge in [0.2, 0.25) is 0 Å². The van der Waals surface area contributed by atoms with E-state index in [1.165, 1.54) is 6.26 Å². The number of amides is 1. The molecule has 0 fully saturated rings. The van der Waals surface area contributed by atoms with Crippen LogP contribution in [0.25, 0.3) is 0 Å². The lowest BCUT2D eigenvalue weighted by Gasteiger charge is -2.11. The minimum Gasteiger partial charge on any atom is -0.322 e. The summed E-state index contributed by atoms with van der Waals surface area (Å²) in [5.74, 6) is -4.54. The Hall–Kier alpha value is -2.15. The normalized spacial score (nSPS) is 12.0. The molecular weight excluding hydrogens is 315 g/mol. The third-order valence-corrected chi connectivity index (χ3v) is 3.60. The maximum absolute atomic E-state index is 13.6. The zero-order valence-electron chi connectivity index (χ0n) is 11.5. The van der Waals surface area contributed by atoms with E-state index in [-0.39, 0.29) is 5.75 Å². The van der Waals surface area contributed by atoms with Gasteiger partial charge in [-0.1, -0.05) is 18.2 Å². The Bertz CT molecular complexity index is 750. The molecule has 0 aliphatic rings. The Kier molecular flexibility index (Phi) is 4.97. The Morgan fingerprint density at radius 3 is 2.41 bits per heavy atom. The van der Waals surface area contributed by atoms with Crippen molar-refractivity contribution in [3.8, 4) is 0 Å². The van der Waals surface area contributed by atoms with Crippen LogP contribution in [0, 0.1) is 17.5 Å². The summed E-state index contributed by atoms with van der Waals surface area (Å²) in [6.07, 6.45) is 1.51. The highest BCUT2D eigenvalue weighted by molar-refractivity contribution is 7.83. The van der Waals surface area contributed by atoms with Crippen molar-refractivity contribution in [3.63, 3.8) is 0 Å². The lowest BCUT2D eigenvalue weighted by molar-refractivity contribution is 0.102. The predicted molar refractivity (Wildman–Crippen MR) is 78.5 cm³/mol. The molecule has 3 nitrogen and oxygen atoms in total. The van der Waals surface area contributed by atoms with Gasteiger partial charge in [-0.15, -0.1) is 0 Å². The van der Waals surface area contributed by atoms with Crippen molar-refractivity contribution in [2.24, 2.45) is 0 Å². The molecule has 2 rings (SSSR count). The molecule has 1 N–H and O–H groups in total. The van der Waals surface area contributed by atoms with E-state index in [1.54, 1.807) is 24.3 Å². The summed E-state index contributed by atoms with van der Waals surface area (Å²) in [7, 11) is -1.13. The molecule has 22 heavy (non-hydrogen) atoms. The highest BCUT2D eigenvalue weighted by Gasteiger charge is 2.17. The molecular formula is C15H12F3NO2S. The lowest BCUT2D eigenvalue weighted by atomic mass is 10.1. The van der Waals surface area contributed by atoms with Crippen LogP contribution in [0.1, 0.15) is 15.9 Å². The Morgan fingerprint density at radius 1 is 1.09 bits per heavy atom. The van der Waals surface area contributed by atoms with Crippen LogP contribution in [0.15, 0.2) is 36.4 Å². The smallest absolute Gasteiger partial charge is 0.258 e. The van der Waals surface area contributed by atoms with Crippen molar-refractivity contribution in [1.82, 2.24) is 0 Å². The number of para-hydroxylation sites is 1. The molecule has 0 aliphatic carbocycles. The van der Waals surface area contributed by atoms with Crippen LogP contribution in [0.3, 0.4) is 0 Å². The highest BCUT2D eigenvalue weighted by atomic mass is 32.2. The van der Waals surface area contributed by atoms with Gasteiger partial charge in [-0.2, -0.15) is 0 Å². The second-order valence-electron chi connectivity index (χ2n) is 4.57. The number of hydrogen-bond donors (Lipinski definition) is 1. The van der Waals surface area contributed by atoms with Gasteiger partial charge in [0, 0.05) is 28.8 Å². The first-order chi connectivity index (χ1) is 10.4. The van der Waals surface area contributed by atoms with Crippen molar-refractivity contribution < 1.29 is 22.2 Å². The first-order valence-electron chi connectivity index (χ1n) is 6.22. The molecule has 7 heteroatoms. The molecule has 0 saturated heterocycles. The summed E-state index contributed by atoms with van der Waals surface area (Å²) < 4.78 is 50.9. The summed E-state index contributed by atoms with van der Waals surface area (Å²) in [4.78, 5) is 12.0. The standard InChI is InChI=1S/C15H12F3NO2S/c1-22(21)8-9-4-2-3-5-14(9)19-15(20)10-6-12(17)13(18)7-11(10)16/h2-7H,8H2,1H3,(H,19,20)/t22-/m0/s1. The van der Waals surface area contributed by atoms with Gasteiger partial charge in [-0.05, 0) is 17.7 Å². The number of carbonyl (C=O) groups excluding carboxylic acids is 1. The number of hydrogen-bond acceptors (Lipinski definition) is 2. The lowest BCUT2D eigenvalue weighted by Crippen LogP contribution is -2.16. The fourth-order valence-electron chi connectivity index (χ4n) is 1.87. The van der Waals surface area contributed by atoms with E-state index >= 15 is 0 Å². The van der Waals surface area contributed by atoms with Gasteiger partial charge >= 0.3 is 0 Å². The molecule has 2 aromatic carbocycles. The van der Waals surface area contributed by atoms with Gasteiger partial charge in [-0.25, -0.2) is 13.2 Å². The third-order valence-electron chi connectivity index (χ3n) is 2.88. The zero-order valence-corrected chi connectivity index (χ0v) is 12.3. The fourth-order valence-corrected chi connectivity index (χ4v) is 2.56. The van der Waals surface area contributed by atoms with E-state index in [4.69, 9.17) is 0 Å². The molecule has 0 heterocycles.